The third-order valence-electron chi connectivity index (χ3n) is 3.50. The molecule has 21 heavy (non-hydrogen) atoms. The summed E-state index contributed by atoms with van der Waals surface area (Å²) in [6.07, 6.45) is 2.01. The van der Waals surface area contributed by atoms with E-state index in [4.69, 9.17) is 4.74 Å². The molecule has 0 fully saturated rings. The van der Waals surface area contributed by atoms with Crippen molar-refractivity contribution in [2.45, 2.75) is 40.3 Å². The number of hydrogen-bond acceptors (Lipinski definition) is 3. The fourth-order valence-electron chi connectivity index (χ4n) is 2.44. The fourth-order valence-corrected chi connectivity index (χ4v) is 2.44. The highest BCUT2D eigenvalue weighted by Crippen LogP contribution is 2.24. The molecule has 0 radical (unpaired) electrons. The van der Waals surface area contributed by atoms with E-state index in [1.165, 1.54) is 11.1 Å². The summed E-state index contributed by atoms with van der Waals surface area (Å²) in [5, 5.41) is 7.91. The van der Waals surface area contributed by atoms with Gasteiger partial charge in [-0.05, 0) is 51.1 Å². The van der Waals surface area contributed by atoms with Crippen LogP contribution in [0.4, 0.5) is 0 Å². The SMILES string of the molecule is CCNC(C)c1ccc(OCC)c(Cn2ccc(C)n2)c1. The van der Waals surface area contributed by atoms with Gasteiger partial charge in [0.05, 0.1) is 18.8 Å². The molecule has 4 nitrogen and oxygen atoms in total. The van der Waals surface area contributed by atoms with E-state index in [0.29, 0.717) is 12.6 Å². The van der Waals surface area contributed by atoms with Gasteiger partial charge in [0.1, 0.15) is 5.75 Å². The molecule has 1 unspecified atom stereocenters. The van der Waals surface area contributed by atoms with E-state index in [9.17, 15) is 0 Å². The molecule has 4 heteroatoms. The highest BCUT2D eigenvalue weighted by Gasteiger charge is 2.10. The predicted octanol–water partition coefficient (Wildman–Crippen LogP) is 3.31. The number of rotatable bonds is 7. The number of aromatic nitrogens is 2. The van der Waals surface area contributed by atoms with E-state index >= 15 is 0 Å². The Labute approximate surface area is 127 Å². The van der Waals surface area contributed by atoms with E-state index in [2.05, 4.69) is 42.5 Å². The zero-order valence-electron chi connectivity index (χ0n) is 13.4. The van der Waals surface area contributed by atoms with Crippen molar-refractivity contribution < 1.29 is 4.74 Å². The molecule has 1 N–H and O–H groups in total. The first-order valence-corrected chi connectivity index (χ1v) is 7.63. The van der Waals surface area contributed by atoms with Crippen molar-refractivity contribution in [3.05, 3.63) is 47.3 Å². The summed E-state index contributed by atoms with van der Waals surface area (Å²) in [4.78, 5) is 0. The van der Waals surface area contributed by atoms with Gasteiger partial charge in [-0.3, -0.25) is 4.68 Å². The first kappa shape index (κ1) is 15.6. The van der Waals surface area contributed by atoms with E-state index in [0.717, 1.165) is 24.5 Å². The van der Waals surface area contributed by atoms with Crippen molar-refractivity contribution in [1.29, 1.82) is 0 Å². The average Bonchev–Trinajstić information content (AvgIpc) is 2.86. The molecule has 0 aliphatic carbocycles. The van der Waals surface area contributed by atoms with E-state index in [-0.39, 0.29) is 0 Å². The lowest BCUT2D eigenvalue weighted by atomic mass is 10.0. The molecule has 0 aliphatic heterocycles. The third kappa shape index (κ3) is 4.08. The minimum Gasteiger partial charge on any atom is -0.494 e. The van der Waals surface area contributed by atoms with E-state index < -0.39 is 0 Å². The molecule has 0 spiro atoms. The first-order chi connectivity index (χ1) is 10.1. The quantitative estimate of drug-likeness (QED) is 0.849. The first-order valence-electron chi connectivity index (χ1n) is 7.63. The summed E-state index contributed by atoms with van der Waals surface area (Å²) >= 11 is 0. The smallest absolute Gasteiger partial charge is 0.124 e. The van der Waals surface area contributed by atoms with Crippen molar-refractivity contribution in [2.24, 2.45) is 0 Å². The summed E-state index contributed by atoms with van der Waals surface area (Å²) in [5.41, 5.74) is 3.48. The highest BCUT2D eigenvalue weighted by molar-refractivity contribution is 5.38. The molecular formula is C17H25N3O. The fraction of sp³-hybridized carbons (Fsp3) is 0.471. The number of benzene rings is 1. The van der Waals surface area contributed by atoms with Crippen LogP contribution in [0, 0.1) is 6.92 Å². The Balaban J connectivity index is 2.27. The van der Waals surface area contributed by atoms with Crippen LogP contribution in [0.3, 0.4) is 0 Å². The molecule has 1 atom stereocenters. The van der Waals surface area contributed by atoms with Crippen LogP contribution < -0.4 is 10.1 Å². The maximum Gasteiger partial charge on any atom is 0.124 e. The van der Waals surface area contributed by atoms with E-state index in [1.54, 1.807) is 0 Å². The largest absolute Gasteiger partial charge is 0.494 e. The normalized spacial score (nSPS) is 12.4. The summed E-state index contributed by atoms with van der Waals surface area (Å²) in [7, 11) is 0. The highest BCUT2D eigenvalue weighted by atomic mass is 16.5. The topological polar surface area (TPSA) is 39.1 Å². The maximum absolute atomic E-state index is 5.75. The molecule has 2 aromatic rings. The summed E-state index contributed by atoms with van der Waals surface area (Å²) in [6, 6.07) is 8.78. The molecule has 0 amide bonds. The van der Waals surface area contributed by atoms with Crippen molar-refractivity contribution in [2.75, 3.05) is 13.2 Å². The maximum atomic E-state index is 5.75. The second-order valence-corrected chi connectivity index (χ2v) is 5.23. The van der Waals surface area contributed by atoms with Gasteiger partial charge in [0.15, 0.2) is 0 Å². The van der Waals surface area contributed by atoms with Crippen LogP contribution in [0.2, 0.25) is 0 Å². The van der Waals surface area contributed by atoms with Crippen molar-refractivity contribution in [3.63, 3.8) is 0 Å². The zero-order chi connectivity index (χ0) is 15.2. The average molecular weight is 287 g/mol. The lowest BCUT2D eigenvalue weighted by Gasteiger charge is -2.17. The molecule has 0 aliphatic rings. The number of hydrogen-bond donors (Lipinski definition) is 1. The van der Waals surface area contributed by atoms with E-state index in [1.807, 2.05) is 30.8 Å². The van der Waals surface area contributed by atoms with Gasteiger partial charge in [-0.2, -0.15) is 5.10 Å². The molecule has 114 valence electrons. The van der Waals surface area contributed by atoms with Crippen molar-refractivity contribution in [1.82, 2.24) is 15.1 Å². The number of ether oxygens (including phenoxy) is 1. The van der Waals surface area contributed by atoms with Crippen molar-refractivity contribution >= 4 is 0 Å². The Bertz CT molecular complexity index is 577. The summed E-state index contributed by atoms with van der Waals surface area (Å²) in [5.74, 6) is 0.943. The van der Waals surface area contributed by atoms with Crippen LogP contribution in [0.15, 0.2) is 30.5 Å². The van der Waals surface area contributed by atoms with Crippen molar-refractivity contribution in [3.8, 4) is 5.75 Å². The molecular weight excluding hydrogens is 262 g/mol. The Morgan fingerprint density at radius 3 is 2.71 bits per heavy atom. The predicted molar refractivity (Wildman–Crippen MR) is 85.8 cm³/mol. The second-order valence-electron chi connectivity index (χ2n) is 5.23. The Hall–Kier alpha value is -1.81. The van der Waals surface area contributed by atoms with Crippen LogP contribution in [0.25, 0.3) is 0 Å². The van der Waals surface area contributed by atoms with Crippen LogP contribution >= 0.6 is 0 Å². The van der Waals surface area contributed by atoms with Gasteiger partial charge in [-0.1, -0.05) is 13.0 Å². The Kier molecular flexibility index (Phi) is 5.39. The molecule has 1 aromatic heterocycles. The lowest BCUT2D eigenvalue weighted by Crippen LogP contribution is -2.18. The van der Waals surface area contributed by atoms with Gasteiger partial charge >= 0.3 is 0 Å². The number of aryl methyl sites for hydroxylation is 1. The second kappa shape index (κ2) is 7.27. The number of nitrogens with one attached hydrogen (secondary N) is 1. The van der Waals surface area contributed by atoms with Gasteiger partial charge in [0.25, 0.3) is 0 Å². The molecule has 0 saturated heterocycles. The molecule has 1 heterocycles. The van der Waals surface area contributed by atoms with Crippen LogP contribution in [-0.4, -0.2) is 22.9 Å². The molecule has 1 aromatic carbocycles. The molecule has 2 rings (SSSR count). The van der Waals surface area contributed by atoms with Crippen LogP contribution in [0.1, 0.15) is 43.6 Å². The van der Waals surface area contributed by atoms with Crippen LogP contribution in [-0.2, 0) is 6.54 Å². The van der Waals surface area contributed by atoms with Crippen LogP contribution in [0.5, 0.6) is 5.75 Å². The Morgan fingerprint density at radius 2 is 2.10 bits per heavy atom. The minimum atomic E-state index is 0.337. The summed E-state index contributed by atoms with van der Waals surface area (Å²) < 4.78 is 7.70. The van der Waals surface area contributed by atoms with Gasteiger partial charge < -0.3 is 10.1 Å². The Morgan fingerprint density at radius 1 is 1.29 bits per heavy atom. The lowest BCUT2D eigenvalue weighted by molar-refractivity contribution is 0.335. The third-order valence-corrected chi connectivity index (χ3v) is 3.50. The summed E-state index contributed by atoms with van der Waals surface area (Å²) in [6.45, 7) is 10.7. The zero-order valence-corrected chi connectivity index (χ0v) is 13.4. The minimum absolute atomic E-state index is 0.337. The van der Waals surface area contributed by atoms with Gasteiger partial charge in [-0.15, -0.1) is 0 Å². The standard InChI is InChI=1S/C17H25N3O/c1-5-18-14(4)15-7-8-17(21-6-2)16(11-15)12-20-10-9-13(3)19-20/h7-11,14,18H,5-6,12H2,1-4H3. The van der Waals surface area contributed by atoms with Gasteiger partial charge in [-0.25, -0.2) is 0 Å². The molecule has 0 bridgehead atoms. The van der Waals surface area contributed by atoms with Gasteiger partial charge in [0, 0.05) is 17.8 Å². The van der Waals surface area contributed by atoms with Gasteiger partial charge in [0.2, 0.25) is 0 Å². The number of nitrogens with zero attached hydrogens (tertiary/aromatic N) is 2. The molecule has 0 saturated carbocycles. The monoisotopic (exact) mass is 287 g/mol.